The van der Waals surface area contributed by atoms with Gasteiger partial charge in [-0.2, -0.15) is 4.98 Å². The molecule has 1 aromatic heterocycles. The van der Waals surface area contributed by atoms with Crippen LogP contribution in [0.4, 0.5) is 4.39 Å². The smallest absolute Gasteiger partial charge is 0.296 e. The Hall–Kier alpha value is -1.63. The van der Waals surface area contributed by atoms with Crippen LogP contribution in [0, 0.1) is 18.2 Å². The lowest BCUT2D eigenvalue weighted by Crippen LogP contribution is -2.12. The van der Waals surface area contributed by atoms with Gasteiger partial charge in [0.15, 0.2) is 5.82 Å². The zero-order chi connectivity index (χ0) is 7.56. The average molecular weight is 138 g/mol. The van der Waals surface area contributed by atoms with Crippen molar-refractivity contribution >= 4 is 0 Å². The van der Waals surface area contributed by atoms with E-state index in [1.54, 1.807) is 0 Å². The summed E-state index contributed by atoms with van der Waals surface area (Å²) >= 11 is 0. The second kappa shape index (κ2) is 2.31. The maximum Gasteiger partial charge on any atom is 0.346 e. The first-order valence-electron chi connectivity index (χ1n) is 2.45. The van der Waals surface area contributed by atoms with E-state index in [-0.39, 0.29) is 5.69 Å². The fraction of sp³-hybridized carbons (Fsp3) is 0. The minimum atomic E-state index is -0.692. The molecular formula is C6H3FN2O. The van der Waals surface area contributed by atoms with Gasteiger partial charge in [0, 0.05) is 0 Å². The Morgan fingerprint density at radius 3 is 3.00 bits per heavy atom. The van der Waals surface area contributed by atoms with Crippen molar-refractivity contribution in [1.29, 1.82) is 0 Å². The van der Waals surface area contributed by atoms with Crippen LogP contribution in [-0.4, -0.2) is 9.97 Å². The predicted molar refractivity (Wildman–Crippen MR) is 32.8 cm³/mol. The van der Waals surface area contributed by atoms with E-state index in [1.807, 2.05) is 10.9 Å². The number of rotatable bonds is 0. The van der Waals surface area contributed by atoms with E-state index in [4.69, 9.17) is 6.42 Å². The summed E-state index contributed by atoms with van der Waals surface area (Å²) in [7, 11) is 0. The van der Waals surface area contributed by atoms with Crippen molar-refractivity contribution in [3.63, 3.8) is 0 Å². The van der Waals surface area contributed by atoms with Gasteiger partial charge in [-0.15, -0.1) is 6.42 Å². The molecule has 0 saturated carbocycles. The molecular weight excluding hydrogens is 135 g/mol. The summed E-state index contributed by atoms with van der Waals surface area (Å²) < 4.78 is 12.4. The number of halogens is 1. The number of aromatic amines is 1. The maximum atomic E-state index is 12.4. The standard InChI is InChI=1S/C6H3FN2O/c1-2-5-4(7)3-8-6(10)9-5/h1,3H,(H,8,9,10). The highest BCUT2D eigenvalue weighted by molar-refractivity contribution is 5.22. The van der Waals surface area contributed by atoms with Gasteiger partial charge in [0.2, 0.25) is 0 Å². The second-order valence-electron chi connectivity index (χ2n) is 1.56. The zero-order valence-electron chi connectivity index (χ0n) is 4.89. The van der Waals surface area contributed by atoms with Crippen LogP contribution < -0.4 is 5.69 Å². The van der Waals surface area contributed by atoms with Crippen molar-refractivity contribution in [3.05, 3.63) is 28.2 Å². The monoisotopic (exact) mass is 138 g/mol. The van der Waals surface area contributed by atoms with E-state index in [1.165, 1.54) is 0 Å². The Labute approximate surface area is 55.9 Å². The summed E-state index contributed by atoms with van der Waals surface area (Å²) in [5.74, 6) is 1.27. The van der Waals surface area contributed by atoms with Crippen LogP contribution in [0.15, 0.2) is 11.0 Å². The fourth-order valence-corrected chi connectivity index (χ4v) is 0.484. The Bertz CT molecular complexity index is 336. The summed E-state index contributed by atoms with van der Waals surface area (Å²) in [5.41, 5.74) is -0.811. The van der Waals surface area contributed by atoms with Gasteiger partial charge in [0.25, 0.3) is 0 Å². The minimum Gasteiger partial charge on any atom is -0.296 e. The fourth-order valence-electron chi connectivity index (χ4n) is 0.484. The van der Waals surface area contributed by atoms with E-state index < -0.39 is 11.5 Å². The van der Waals surface area contributed by atoms with Crippen molar-refractivity contribution in [2.45, 2.75) is 0 Å². The third-order valence-corrected chi connectivity index (χ3v) is 0.910. The molecule has 0 aliphatic carbocycles. The lowest BCUT2D eigenvalue weighted by Gasteiger charge is -1.88. The highest BCUT2D eigenvalue weighted by atomic mass is 19.1. The van der Waals surface area contributed by atoms with Crippen molar-refractivity contribution in [3.8, 4) is 12.3 Å². The quantitative estimate of drug-likeness (QED) is 0.508. The Morgan fingerprint density at radius 2 is 2.50 bits per heavy atom. The van der Waals surface area contributed by atoms with E-state index in [9.17, 15) is 9.18 Å². The summed E-state index contributed by atoms with van der Waals surface area (Å²) in [6.07, 6.45) is 5.62. The van der Waals surface area contributed by atoms with Gasteiger partial charge in [-0.1, -0.05) is 0 Å². The van der Waals surface area contributed by atoms with E-state index >= 15 is 0 Å². The van der Waals surface area contributed by atoms with Gasteiger partial charge in [0.05, 0.1) is 6.20 Å². The van der Waals surface area contributed by atoms with E-state index in [2.05, 4.69) is 4.98 Å². The van der Waals surface area contributed by atoms with Crippen LogP contribution in [-0.2, 0) is 0 Å². The molecule has 0 aliphatic heterocycles. The topological polar surface area (TPSA) is 45.8 Å². The Morgan fingerprint density at radius 1 is 1.80 bits per heavy atom. The van der Waals surface area contributed by atoms with Crippen molar-refractivity contribution < 1.29 is 4.39 Å². The molecule has 0 aromatic carbocycles. The van der Waals surface area contributed by atoms with Crippen molar-refractivity contribution in [1.82, 2.24) is 9.97 Å². The molecule has 0 amide bonds. The molecule has 0 saturated heterocycles. The number of hydrogen-bond donors (Lipinski definition) is 1. The molecule has 1 heterocycles. The molecule has 1 aromatic rings. The largest absolute Gasteiger partial charge is 0.346 e. The molecule has 50 valence electrons. The Balaban J connectivity index is 3.40. The molecule has 4 heteroatoms. The summed E-state index contributed by atoms with van der Waals surface area (Å²) in [6, 6.07) is 0. The lowest BCUT2D eigenvalue weighted by molar-refractivity contribution is 0.606. The molecule has 10 heavy (non-hydrogen) atoms. The molecule has 0 atom stereocenters. The molecule has 3 nitrogen and oxygen atoms in total. The first-order chi connectivity index (χ1) is 4.74. The van der Waals surface area contributed by atoms with Gasteiger partial charge >= 0.3 is 5.69 Å². The number of H-pyrrole nitrogens is 1. The lowest BCUT2D eigenvalue weighted by atomic mass is 10.4. The average Bonchev–Trinajstić information content (AvgIpc) is 1.94. The molecule has 1 N–H and O–H groups in total. The van der Waals surface area contributed by atoms with Crippen LogP contribution in [0.25, 0.3) is 0 Å². The van der Waals surface area contributed by atoms with Gasteiger partial charge in [-0.3, -0.25) is 4.98 Å². The van der Waals surface area contributed by atoms with Gasteiger partial charge in [0.1, 0.15) is 5.69 Å². The summed E-state index contributed by atoms with van der Waals surface area (Å²) in [5, 5.41) is 0. The van der Waals surface area contributed by atoms with E-state index in [0.717, 1.165) is 6.20 Å². The van der Waals surface area contributed by atoms with Crippen molar-refractivity contribution in [2.24, 2.45) is 0 Å². The number of nitrogens with one attached hydrogen (secondary N) is 1. The summed E-state index contributed by atoms with van der Waals surface area (Å²) in [4.78, 5) is 15.5. The van der Waals surface area contributed by atoms with Gasteiger partial charge < -0.3 is 0 Å². The van der Waals surface area contributed by atoms with Gasteiger partial charge in [-0.05, 0) is 5.92 Å². The van der Waals surface area contributed by atoms with Crippen molar-refractivity contribution in [2.75, 3.05) is 0 Å². The Kier molecular flexibility index (Phi) is 1.50. The van der Waals surface area contributed by atoms with Crippen LogP contribution in [0.3, 0.4) is 0 Å². The first-order valence-corrected chi connectivity index (χ1v) is 2.45. The maximum absolute atomic E-state index is 12.4. The third-order valence-electron chi connectivity index (χ3n) is 0.910. The normalized spacial score (nSPS) is 8.80. The summed E-state index contributed by atoms with van der Waals surface area (Å²) in [6.45, 7) is 0. The van der Waals surface area contributed by atoms with Gasteiger partial charge in [-0.25, -0.2) is 9.18 Å². The highest BCUT2D eigenvalue weighted by Gasteiger charge is 1.97. The highest BCUT2D eigenvalue weighted by Crippen LogP contribution is 1.94. The second-order valence-corrected chi connectivity index (χ2v) is 1.56. The number of nitrogens with zero attached hydrogens (tertiary/aromatic N) is 1. The number of terminal acetylenes is 1. The number of aromatic nitrogens is 2. The molecule has 0 spiro atoms. The molecule has 1 rings (SSSR count). The van der Waals surface area contributed by atoms with E-state index in [0.29, 0.717) is 0 Å². The first kappa shape index (κ1) is 6.49. The molecule has 0 aliphatic rings. The predicted octanol–water partition coefficient (Wildman–Crippen LogP) is -0.110. The van der Waals surface area contributed by atoms with Crippen LogP contribution >= 0.6 is 0 Å². The molecule has 0 fully saturated rings. The number of hydrogen-bond acceptors (Lipinski definition) is 2. The zero-order valence-corrected chi connectivity index (χ0v) is 4.89. The molecule has 0 bridgehead atoms. The van der Waals surface area contributed by atoms with Crippen LogP contribution in [0.2, 0.25) is 0 Å². The van der Waals surface area contributed by atoms with Crippen LogP contribution in [0.5, 0.6) is 0 Å². The third kappa shape index (κ3) is 1.03. The SMILES string of the molecule is C#Cc1[nH]c(=O)ncc1F. The molecule has 0 unspecified atom stereocenters. The molecule has 0 radical (unpaired) electrons. The minimum absolute atomic E-state index is 0.167. The van der Waals surface area contributed by atoms with Crippen LogP contribution in [0.1, 0.15) is 5.69 Å².